The van der Waals surface area contributed by atoms with E-state index in [4.69, 9.17) is 4.74 Å². The van der Waals surface area contributed by atoms with Crippen molar-refractivity contribution in [3.63, 3.8) is 0 Å². The van der Waals surface area contributed by atoms with Crippen LogP contribution < -0.4 is 15.0 Å². The fraction of sp³-hybridized carbons (Fsp3) is 0.250. The van der Waals surface area contributed by atoms with Crippen LogP contribution >= 0.6 is 11.8 Å². The summed E-state index contributed by atoms with van der Waals surface area (Å²) in [5.41, 5.74) is 5.71. The number of carbonyl (C=O) groups excluding carboxylic acids is 2. The van der Waals surface area contributed by atoms with Crippen LogP contribution in [0.5, 0.6) is 5.75 Å². The SMILES string of the molecule is CCOC(C)c1ccc(C)cc1N1C(=O)CSC1=NC(=O)Nc1ccc(-c2cn(-c3ccc(OC(F)(F)F)cc3)cn2)cc1C. The number of benzene rings is 3. The number of aliphatic imine (C=N–C) groups is 1. The molecular formula is C32H30F3N5O4S. The number of alkyl halides is 3. The molecular weight excluding hydrogens is 607 g/mol. The van der Waals surface area contributed by atoms with Crippen molar-refractivity contribution in [3.8, 4) is 22.7 Å². The molecule has 1 fully saturated rings. The lowest BCUT2D eigenvalue weighted by Gasteiger charge is -2.23. The molecule has 1 N–H and O–H groups in total. The van der Waals surface area contributed by atoms with Gasteiger partial charge in [-0.25, -0.2) is 9.78 Å². The normalized spacial score (nSPS) is 15.0. The van der Waals surface area contributed by atoms with Crippen LogP contribution in [0.25, 0.3) is 16.9 Å². The summed E-state index contributed by atoms with van der Waals surface area (Å²) in [6.45, 7) is 8.10. The minimum absolute atomic E-state index is 0.161. The zero-order valence-corrected chi connectivity index (χ0v) is 25.7. The molecule has 1 atom stereocenters. The second kappa shape index (κ2) is 13.2. The maximum absolute atomic E-state index is 13.0. The van der Waals surface area contributed by atoms with Gasteiger partial charge in [0.1, 0.15) is 5.75 Å². The highest BCUT2D eigenvalue weighted by Crippen LogP contribution is 2.35. The van der Waals surface area contributed by atoms with Crippen molar-refractivity contribution in [2.24, 2.45) is 4.99 Å². The first-order chi connectivity index (χ1) is 21.4. The number of aromatic nitrogens is 2. The number of hydrogen-bond donors (Lipinski definition) is 1. The number of amides is 3. The Hall–Kier alpha value is -4.62. The molecule has 4 aromatic rings. The summed E-state index contributed by atoms with van der Waals surface area (Å²) in [6, 6.07) is 16.0. The van der Waals surface area contributed by atoms with Gasteiger partial charge in [-0.3, -0.25) is 9.69 Å². The Morgan fingerprint density at radius 2 is 1.87 bits per heavy atom. The molecule has 0 spiro atoms. The van der Waals surface area contributed by atoms with Crippen molar-refractivity contribution in [1.29, 1.82) is 0 Å². The number of halogens is 3. The summed E-state index contributed by atoms with van der Waals surface area (Å²) in [4.78, 5) is 36.1. The van der Waals surface area contributed by atoms with Crippen molar-refractivity contribution < 1.29 is 32.2 Å². The van der Waals surface area contributed by atoms with Gasteiger partial charge in [0.05, 0.1) is 29.6 Å². The van der Waals surface area contributed by atoms with E-state index in [1.165, 1.54) is 40.9 Å². The summed E-state index contributed by atoms with van der Waals surface area (Å²) in [7, 11) is 0. The highest BCUT2D eigenvalue weighted by atomic mass is 32.2. The van der Waals surface area contributed by atoms with Gasteiger partial charge in [0.15, 0.2) is 5.17 Å². The quantitative estimate of drug-likeness (QED) is 0.212. The third kappa shape index (κ3) is 7.55. The summed E-state index contributed by atoms with van der Waals surface area (Å²) < 4.78 is 48.8. The number of nitrogens with one attached hydrogen (secondary N) is 1. The van der Waals surface area contributed by atoms with Crippen LogP contribution in [0.3, 0.4) is 0 Å². The average molecular weight is 638 g/mol. The summed E-state index contributed by atoms with van der Waals surface area (Å²) in [6.07, 6.45) is -1.72. The number of hydrogen-bond acceptors (Lipinski definition) is 6. The van der Waals surface area contributed by atoms with E-state index in [0.29, 0.717) is 29.4 Å². The number of imidazole rings is 1. The molecule has 0 saturated carbocycles. The van der Waals surface area contributed by atoms with E-state index < -0.39 is 12.4 Å². The second-order valence-electron chi connectivity index (χ2n) is 10.2. The number of carbonyl (C=O) groups is 2. The van der Waals surface area contributed by atoms with Gasteiger partial charge in [0, 0.05) is 35.3 Å². The van der Waals surface area contributed by atoms with E-state index in [1.807, 2.05) is 52.0 Å². The van der Waals surface area contributed by atoms with Gasteiger partial charge in [0.25, 0.3) is 0 Å². The first-order valence-corrected chi connectivity index (χ1v) is 15.0. The number of rotatable bonds is 8. The lowest BCUT2D eigenvalue weighted by atomic mass is 10.0. The Kier molecular flexibility index (Phi) is 9.30. The van der Waals surface area contributed by atoms with Crippen molar-refractivity contribution >= 4 is 40.2 Å². The molecule has 0 aliphatic carbocycles. The fourth-order valence-corrected chi connectivity index (χ4v) is 5.70. The van der Waals surface area contributed by atoms with Crippen LogP contribution in [0.15, 0.2) is 78.2 Å². The van der Waals surface area contributed by atoms with Crippen molar-refractivity contribution in [2.75, 3.05) is 22.6 Å². The van der Waals surface area contributed by atoms with Gasteiger partial charge < -0.3 is 19.4 Å². The Labute approximate surface area is 262 Å². The predicted molar refractivity (Wildman–Crippen MR) is 168 cm³/mol. The van der Waals surface area contributed by atoms with Gasteiger partial charge in [-0.15, -0.1) is 13.2 Å². The number of urea groups is 1. The Balaban J connectivity index is 1.31. The highest BCUT2D eigenvalue weighted by molar-refractivity contribution is 8.15. The monoisotopic (exact) mass is 637 g/mol. The van der Waals surface area contributed by atoms with E-state index >= 15 is 0 Å². The molecule has 9 nitrogen and oxygen atoms in total. The third-order valence-corrected chi connectivity index (χ3v) is 7.88. The first kappa shape index (κ1) is 31.8. The van der Waals surface area contributed by atoms with Gasteiger partial charge in [-0.1, -0.05) is 30.0 Å². The van der Waals surface area contributed by atoms with E-state index in [9.17, 15) is 22.8 Å². The zero-order valence-electron chi connectivity index (χ0n) is 24.9. The second-order valence-corrected chi connectivity index (χ2v) is 11.2. The van der Waals surface area contributed by atoms with Gasteiger partial charge in [-0.2, -0.15) is 4.99 Å². The van der Waals surface area contributed by atoms with Crippen LogP contribution in [0.2, 0.25) is 0 Å². The molecule has 0 radical (unpaired) electrons. The minimum Gasteiger partial charge on any atom is -0.406 e. The molecule has 3 amide bonds. The van der Waals surface area contributed by atoms with Gasteiger partial charge in [0.2, 0.25) is 5.91 Å². The molecule has 1 aliphatic heterocycles. The molecule has 3 aromatic carbocycles. The summed E-state index contributed by atoms with van der Waals surface area (Å²) in [5, 5.41) is 3.09. The number of anilines is 2. The molecule has 234 valence electrons. The number of amidine groups is 1. The first-order valence-electron chi connectivity index (χ1n) is 14.0. The highest BCUT2D eigenvalue weighted by Gasteiger charge is 2.33. The largest absolute Gasteiger partial charge is 0.573 e. The number of ether oxygens (including phenoxy) is 2. The Morgan fingerprint density at radius 3 is 2.56 bits per heavy atom. The van der Waals surface area contributed by atoms with Gasteiger partial charge in [-0.05, 0) is 81.3 Å². The summed E-state index contributed by atoms with van der Waals surface area (Å²) in [5.74, 6) is -0.325. The van der Waals surface area contributed by atoms with E-state index in [2.05, 4.69) is 20.0 Å². The fourth-order valence-electron chi connectivity index (χ4n) is 4.84. The molecule has 13 heteroatoms. The maximum atomic E-state index is 13.0. The maximum Gasteiger partial charge on any atom is 0.573 e. The number of thioether (sulfide) groups is 1. The lowest BCUT2D eigenvalue weighted by molar-refractivity contribution is -0.274. The molecule has 1 saturated heterocycles. The number of nitrogens with zero attached hydrogens (tertiary/aromatic N) is 4. The zero-order chi connectivity index (χ0) is 32.3. The van der Waals surface area contributed by atoms with E-state index in [1.54, 1.807) is 29.2 Å². The van der Waals surface area contributed by atoms with Crippen LogP contribution in [0.1, 0.15) is 36.6 Å². The van der Waals surface area contributed by atoms with Crippen LogP contribution in [0.4, 0.5) is 29.3 Å². The average Bonchev–Trinajstić information content (AvgIpc) is 3.61. The lowest BCUT2D eigenvalue weighted by Crippen LogP contribution is -2.31. The van der Waals surface area contributed by atoms with E-state index in [-0.39, 0.29) is 28.7 Å². The Morgan fingerprint density at radius 1 is 1.11 bits per heavy atom. The molecule has 1 unspecified atom stereocenters. The number of aryl methyl sites for hydroxylation is 2. The van der Waals surface area contributed by atoms with E-state index in [0.717, 1.165) is 22.3 Å². The Bertz CT molecular complexity index is 1750. The molecule has 5 rings (SSSR count). The molecule has 0 bridgehead atoms. The topological polar surface area (TPSA) is 98.1 Å². The van der Waals surface area contributed by atoms with Crippen molar-refractivity contribution in [1.82, 2.24) is 9.55 Å². The minimum atomic E-state index is -4.76. The molecule has 1 aromatic heterocycles. The van der Waals surface area contributed by atoms with Crippen molar-refractivity contribution in [3.05, 3.63) is 89.9 Å². The smallest absolute Gasteiger partial charge is 0.406 e. The predicted octanol–water partition coefficient (Wildman–Crippen LogP) is 7.82. The van der Waals surface area contributed by atoms with Crippen LogP contribution in [-0.4, -0.2) is 45.4 Å². The standard InChI is InChI=1S/C32H30F3N5O4S/c1-5-43-21(4)25-12-6-19(2)14-28(25)40-29(41)17-45-31(40)38-30(42)37-26-13-7-22(15-20(26)3)27-16-39(18-36-27)23-8-10-24(11-9-23)44-32(33,34)35/h6-16,18,21H,5,17H2,1-4H3,(H,37,42). The van der Waals surface area contributed by atoms with Gasteiger partial charge >= 0.3 is 12.4 Å². The van der Waals surface area contributed by atoms with Crippen LogP contribution in [-0.2, 0) is 9.53 Å². The molecule has 2 heterocycles. The molecule has 1 aliphatic rings. The van der Waals surface area contributed by atoms with Crippen LogP contribution in [0, 0.1) is 13.8 Å². The summed E-state index contributed by atoms with van der Waals surface area (Å²) >= 11 is 1.20. The molecule has 45 heavy (non-hydrogen) atoms. The van der Waals surface area contributed by atoms with Crippen molar-refractivity contribution in [2.45, 2.75) is 40.2 Å². The third-order valence-electron chi connectivity index (χ3n) is 6.96.